The second-order valence-corrected chi connectivity index (χ2v) is 7.62. The lowest BCUT2D eigenvalue weighted by Crippen LogP contribution is -2.46. The molecule has 0 spiro atoms. The Morgan fingerprint density at radius 2 is 1.42 bits per heavy atom. The lowest BCUT2D eigenvalue weighted by Gasteiger charge is -2.30. The summed E-state index contributed by atoms with van der Waals surface area (Å²) in [4.78, 5) is 46.1. The lowest BCUT2D eigenvalue weighted by molar-refractivity contribution is -0.185. The van der Waals surface area contributed by atoms with Gasteiger partial charge in [-0.1, -0.05) is 34.8 Å². The van der Waals surface area contributed by atoms with E-state index in [9.17, 15) is 19.2 Å². The Balaban J connectivity index is 3.26. The Kier molecular flexibility index (Phi) is 11.8. The van der Waals surface area contributed by atoms with Crippen LogP contribution in [0.2, 0.25) is 15.1 Å². The molecule has 0 radical (unpaired) electrons. The van der Waals surface area contributed by atoms with Crippen LogP contribution >= 0.6 is 34.8 Å². The largest absolute Gasteiger partial charge is 0.462 e. The van der Waals surface area contributed by atoms with E-state index in [4.69, 9.17) is 53.8 Å². The molecule has 1 aromatic rings. The van der Waals surface area contributed by atoms with Crippen molar-refractivity contribution < 1.29 is 38.1 Å². The highest BCUT2D eigenvalue weighted by Gasteiger charge is 2.36. The summed E-state index contributed by atoms with van der Waals surface area (Å²) in [5.41, 5.74) is 0.139. The first-order chi connectivity index (χ1) is 15.4. The van der Waals surface area contributed by atoms with Crippen LogP contribution in [-0.4, -0.2) is 48.8 Å². The molecule has 3 atom stereocenters. The third kappa shape index (κ3) is 10.6. The minimum atomic E-state index is -1.37. The van der Waals surface area contributed by atoms with Gasteiger partial charge in [0.25, 0.3) is 0 Å². The van der Waals surface area contributed by atoms with Gasteiger partial charge < -0.3 is 18.9 Å². The molecule has 0 saturated carbocycles. The molecule has 0 saturated heterocycles. The minimum absolute atomic E-state index is 0.139. The first-order valence-electron chi connectivity index (χ1n) is 9.27. The molecule has 0 amide bonds. The van der Waals surface area contributed by atoms with Gasteiger partial charge in [-0.25, -0.2) is 0 Å². The van der Waals surface area contributed by atoms with Crippen LogP contribution in [0, 0.1) is 0 Å². The average molecular weight is 524 g/mol. The van der Waals surface area contributed by atoms with Crippen LogP contribution in [0.3, 0.4) is 0 Å². The van der Waals surface area contributed by atoms with E-state index in [0.717, 1.165) is 33.9 Å². The zero-order valence-electron chi connectivity index (χ0n) is 18.0. The third-order valence-electron chi connectivity index (χ3n) is 3.54. The standard InChI is InChI=1S/C20H21Cl3N2O8/c1-10(26)30-9-18(32-12(3)28)20(33-13(4)29)17(31-11(2)27)5-6-24-25-19-15(22)7-14(21)8-16(19)23/h5-8,17-18,20H,9H2,1-4H3/b6-5+,25-24?/t17-,18-,20+/m1/s1. The van der Waals surface area contributed by atoms with Gasteiger partial charge in [-0.05, 0) is 18.2 Å². The summed E-state index contributed by atoms with van der Waals surface area (Å²) in [6.45, 7) is 4.00. The van der Waals surface area contributed by atoms with Crippen LogP contribution in [0.5, 0.6) is 0 Å². The van der Waals surface area contributed by atoms with Gasteiger partial charge in [-0.3, -0.25) is 19.2 Å². The van der Waals surface area contributed by atoms with Gasteiger partial charge in [-0.2, -0.15) is 5.11 Å². The van der Waals surface area contributed by atoms with E-state index in [-0.39, 0.29) is 15.7 Å². The van der Waals surface area contributed by atoms with Gasteiger partial charge in [0.15, 0.2) is 18.3 Å². The molecular weight excluding hydrogens is 503 g/mol. The van der Waals surface area contributed by atoms with Gasteiger partial charge in [0, 0.05) is 38.9 Å². The molecule has 0 fully saturated rings. The zero-order chi connectivity index (χ0) is 25.1. The molecule has 1 aromatic carbocycles. The number of azo groups is 1. The highest BCUT2D eigenvalue weighted by atomic mass is 35.5. The highest BCUT2D eigenvalue weighted by Crippen LogP contribution is 2.36. The fraction of sp³-hybridized carbons (Fsp3) is 0.400. The summed E-state index contributed by atoms with van der Waals surface area (Å²) in [5, 5.41) is 8.29. The molecular formula is C20H21Cl3N2O8. The Labute approximate surface area is 204 Å². The van der Waals surface area contributed by atoms with Crippen LogP contribution in [-0.2, 0) is 38.1 Å². The van der Waals surface area contributed by atoms with Crippen molar-refractivity contribution in [1.82, 2.24) is 0 Å². The summed E-state index contributed by atoms with van der Waals surface area (Å²) in [6, 6.07) is 2.84. The summed E-state index contributed by atoms with van der Waals surface area (Å²) < 4.78 is 20.4. The van der Waals surface area contributed by atoms with Gasteiger partial charge in [0.2, 0.25) is 0 Å². The molecule has 0 bridgehead atoms. The Morgan fingerprint density at radius 1 is 0.879 bits per heavy atom. The normalized spacial score (nSPS) is 13.9. The molecule has 0 aliphatic carbocycles. The molecule has 1 rings (SSSR count). The number of carbonyl (C=O) groups excluding carboxylic acids is 4. The van der Waals surface area contributed by atoms with Crippen LogP contribution < -0.4 is 0 Å². The SMILES string of the molecule is CC(=O)OC[C@@H](OC(C)=O)[C@@H](OC(C)=O)[C@@H](/C=C/N=Nc1c(Cl)cc(Cl)cc1Cl)OC(C)=O. The van der Waals surface area contributed by atoms with Crippen molar-refractivity contribution in [3.8, 4) is 0 Å². The number of hydrogen-bond acceptors (Lipinski definition) is 10. The van der Waals surface area contributed by atoms with Crippen LogP contribution in [0.1, 0.15) is 27.7 Å². The van der Waals surface area contributed by atoms with E-state index in [1.54, 1.807) is 0 Å². The zero-order valence-corrected chi connectivity index (χ0v) is 20.3. The van der Waals surface area contributed by atoms with Crippen molar-refractivity contribution in [2.75, 3.05) is 6.61 Å². The summed E-state index contributed by atoms with van der Waals surface area (Å²) in [6.07, 6.45) is -1.60. The maximum absolute atomic E-state index is 11.7. The molecule has 0 unspecified atom stereocenters. The summed E-state index contributed by atoms with van der Waals surface area (Å²) in [7, 11) is 0. The first-order valence-corrected chi connectivity index (χ1v) is 10.4. The Bertz CT molecular complexity index is 928. The molecule has 0 aromatic heterocycles. The molecule has 10 nitrogen and oxygen atoms in total. The highest BCUT2D eigenvalue weighted by molar-refractivity contribution is 6.41. The number of halogens is 3. The topological polar surface area (TPSA) is 130 Å². The van der Waals surface area contributed by atoms with Gasteiger partial charge in [0.1, 0.15) is 12.3 Å². The Hall–Kier alpha value is -2.69. The predicted octanol–water partition coefficient (Wildman–Crippen LogP) is 4.60. The molecule has 0 N–H and O–H groups in total. The van der Waals surface area contributed by atoms with Crippen molar-refractivity contribution in [2.45, 2.75) is 46.0 Å². The number of rotatable bonds is 10. The molecule has 0 heterocycles. The van der Waals surface area contributed by atoms with E-state index in [2.05, 4.69) is 10.2 Å². The lowest BCUT2D eigenvalue weighted by atomic mass is 10.1. The number of esters is 4. The second-order valence-electron chi connectivity index (χ2n) is 6.37. The van der Waals surface area contributed by atoms with E-state index in [1.165, 1.54) is 18.2 Å². The van der Waals surface area contributed by atoms with Crippen molar-refractivity contribution in [3.63, 3.8) is 0 Å². The minimum Gasteiger partial charge on any atom is -0.462 e. The fourth-order valence-corrected chi connectivity index (χ4v) is 3.30. The maximum Gasteiger partial charge on any atom is 0.303 e. The second kappa shape index (κ2) is 13.8. The van der Waals surface area contributed by atoms with Crippen LogP contribution in [0.15, 0.2) is 34.6 Å². The number of benzene rings is 1. The third-order valence-corrected chi connectivity index (χ3v) is 4.34. The van der Waals surface area contributed by atoms with E-state index >= 15 is 0 Å². The van der Waals surface area contributed by atoms with Crippen molar-refractivity contribution in [1.29, 1.82) is 0 Å². The van der Waals surface area contributed by atoms with Gasteiger partial charge in [-0.15, -0.1) is 5.11 Å². The van der Waals surface area contributed by atoms with Gasteiger partial charge in [0.05, 0.1) is 10.0 Å². The summed E-state index contributed by atoms with van der Waals surface area (Å²) >= 11 is 17.9. The Morgan fingerprint density at radius 3 is 1.91 bits per heavy atom. The van der Waals surface area contributed by atoms with Crippen LogP contribution in [0.25, 0.3) is 0 Å². The van der Waals surface area contributed by atoms with Crippen molar-refractivity contribution in [2.24, 2.45) is 10.2 Å². The number of carbonyl (C=O) groups is 4. The summed E-state index contributed by atoms with van der Waals surface area (Å²) in [5.74, 6) is -2.93. The molecule has 180 valence electrons. The van der Waals surface area contributed by atoms with E-state index in [0.29, 0.717) is 5.02 Å². The predicted molar refractivity (Wildman–Crippen MR) is 118 cm³/mol. The number of hydrogen-bond donors (Lipinski definition) is 0. The molecule has 0 aliphatic heterocycles. The number of ether oxygens (including phenoxy) is 4. The van der Waals surface area contributed by atoms with E-state index < -0.39 is 48.8 Å². The quantitative estimate of drug-likeness (QED) is 0.247. The van der Waals surface area contributed by atoms with Crippen LogP contribution in [0.4, 0.5) is 5.69 Å². The molecule has 13 heteroatoms. The maximum atomic E-state index is 11.7. The molecule has 33 heavy (non-hydrogen) atoms. The van der Waals surface area contributed by atoms with Crippen molar-refractivity contribution >= 4 is 64.4 Å². The number of nitrogens with zero attached hydrogens (tertiary/aromatic N) is 2. The average Bonchev–Trinajstić information content (AvgIpc) is 2.66. The van der Waals surface area contributed by atoms with Gasteiger partial charge >= 0.3 is 23.9 Å². The van der Waals surface area contributed by atoms with Crippen molar-refractivity contribution in [3.05, 3.63) is 39.5 Å². The molecule has 0 aliphatic rings. The first kappa shape index (κ1) is 28.3. The van der Waals surface area contributed by atoms with E-state index in [1.807, 2.05) is 0 Å². The monoisotopic (exact) mass is 522 g/mol. The fourth-order valence-electron chi connectivity index (χ4n) is 2.41. The smallest absolute Gasteiger partial charge is 0.303 e.